The van der Waals surface area contributed by atoms with Crippen LogP contribution in [0.1, 0.15) is 0 Å². The molecule has 0 aliphatic heterocycles. The summed E-state index contributed by atoms with van der Waals surface area (Å²) in [7, 11) is 0. The predicted molar refractivity (Wildman–Crippen MR) is 284 cm³/mol. The lowest BCUT2D eigenvalue weighted by Crippen LogP contribution is -1.93. The Morgan fingerprint density at radius 3 is 1.17 bits per heavy atom. The van der Waals surface area contributed by atoms with Crippen LogP contribution < -0.4 is 0 Å². The second kappa shape index (κ2) is 15.6. The molecule has 0 saturated heterocycles. The Morgan fingerprint density at radius 2 is 0.545 bits per heavy atom. The lowest BCUT2D eigenvalue weighted by Gasteiger charge is -2.20. The minimum atomic E-state index is 1.19. The molecule has 0 heterocycles. The van der Waals surface area contributed by atoms with Gasteiger partial charge in [-0.25, -0.2) is 0 Å². The maximum Gasteiger partial charge on any atom is -0.00259 e. The fourth-order valence-electron chi connectivity index (χ4n) is 10.9. The van der Waals surface area contributed by atoms with Crippen molar-refractivity contribution >= 4 is 64.6 Å². The Bertz CT molecular complexity index is 4050. The summed E-state index contributed by atoms with van der Waals surface area (Å²) in [5, 5.41) is 15.0. The first-order valence-electron chi connectivity index (χ1n) is 22.9. The Balaban J connectivity index is 1.09. The van der Waals surface area contributed by atoms with E-state index in [1.807, 2.05) is 0 Å². The van der Waals surface area contributed by atoms with Gasteiger partial charge in [-0.1, -0.05) is 231 Å². The van der Waals surface area contributed by atoms with Crippen molar-refractivity contribution in [2.75, 3.05) is 0 Å². The molecule has 0 bridgehead atoms. The van der Waals surface area contributed by atoms with E-state index in [1.165, 1.54) is 131 Å². The van der Waals surface area contributed by atoms with E-state index in [4.69, 9.17) is 0 Å². The molecule has 306 valence electrons. The molecule has 0 fully saturated rings. The lowest BCUT2D eigenvalue weighted by atomic mass is 9.83. The Hall–Kier alpha value is -8.58. The maximum atomic E-state index is 2.47. The highest BCUT2D eigenvalue weighted by Crippen LogP contribution is 2.48. The van der Waals surface area contributed by atoms with Crippen molar-refractivity contribution in [2.24, 2.45) is 0 Å². The van der Waals surface area contributed by atoms with E-state index in [0.717, 1.165) is 0 Å². The van der Waals surface area contributed by atoms with Gasteiger partial charge in [0.1, 0.15) is 0 Å². The fourth-order valence-corrected chi connectivity index (χ4v) is 10.9. The van der Waals surface area contributed by atoms with E-state index < -0.39 is 0 Å². The number of fused-ring (bicyclic) bond motifs is 7. The molecular formula is C66H42. The Kier molecular flexibility index (Phi) is 8.96. The molecule has 0 radical (unpaired) electrons. The second-order valence-corrected chi connectivity index (χ2v) is 17.5. The smallest absolute Gasteiger partial charge is 0.00259 e. The van der Waals surface area contributed by atoms with Gasteiger partial charge in [0.15, 0.2) is 0 Å². The molecule has 0 spiro atoms. The summed E-state index contributed by atoms with van der Waals surface area (Å²) in [4.78, 5) is 0. The van der Waals surface area contributed by atoms with Gasteiger partial charge in [-0.05, 0) is 156 Å². The molecule has 0 N–H and O–H groups in total. The molecule has 13 aromatic carbocycles. The van der Waals surface area contributed by atoms with Crippen LogP contribution in [0.4, 0.5) is 0 Å². The molecule has 0 nitrogen and oxygen atoms in total. The zero-order valence-electron chi connectivity index (χ0n) is 36.2. The molecule has 0 saturated carbocycles. The summed E-state index contributed by atoms with van der Waals surface area (Å²) in [5.41, 5.74) is 14.7. The summed E-state index contributed by atoms with van der Waals surface area (Å²) in [6, 6.07) is 94.4. The summed E-state index contributed by atoms with van der Waals surface area (Å²) >= 11 is 0. The molecule has 0 aromatic heterocycles. The van der Waals surface area contributed by atoms with Gasteiger partial charge in [-0.3, -0.25) is 0 Å². The molecule has 0 aliphatic rings. The van der Waals surface area contributed by atoms with Gasteiger partial charge in [0.2, 0.25) is 0 Å². The van der Waals surface area contributed by atoms with E-state index in [9.17, 15) is 0 Å². The van der Waals surface area contributed by atoms with Crippen molar-refractivity contribution in [2.45, 2.75) is 0 Å². The maximum absolute atomic E-state index is 2.47. The zero-order chi connectivity index (χ0) is 43.6. The summed E-state index contributed by atoms with van der Waals surface area (Å²) in [5.74, 6) is 0. The fraction of sp³-hybridized carbons (Fsp3) is 0. The minimum Gasteiger partial charge on any atom is -0.0616 e. The predicted octanol–water partition coefficient (Wildman–Crippen LogP) is 18.6. The number of hydrogen-bond donors (Lipinski definition) is 0. The van der Waals surface area contributed by atoms with Crippen molar-refractivity contribution < 1.29 is 0 Å². The van der Waals surface area contributed by atoms with Crippen molar-refractivity contribution in [3.63, 3.8) is 0 Å². The van der Waals surface area contributed by atoms with Gasteiger partial charge in [0, 0.05) is 0 Å². The van der Waals surface area contributed by atoms with Crippen LogP contribution in [0.15, 0.2) is 255 Å². The number of benzene rings is 13. The topological polar surface area (TPSA) is 0 Å². The third kappa shape index (κ3) is 6.22. The highest BCUT2D eigenvalue weighted by molar-refractivity contribution is 6.23. The van der Waals surface area contributed by atoms with Crippen LogP contribution in [0.3, 0.4) is 0 Å². The third-order valence-corrected chi connectivity index (χ3v) is 13.8. The van der Waals surface area contributed by atoms with Gasteiger partial charge < -0.3 is 0 Å². The largest absolute Gasteiger partial charge is 0.0616 e. The van der Waals surface area contributed by atoms with Gasteiger partial charge in [-0.15, -0.1) is 0 Å². The van der Waals surface area contributed by atoms with Crippen LogP contribution >= 0.6 is 0 Å². The van der Waals surface area contributed by atoms with Crippen LogP contribution in [0.25, 0.3) is 131 Å². The zero-order valence-corrected chi connectivity index (χ0v) is 36.2. The highest BCUT2D eigenvalue weighted by Gasteiger charge is 2.20. The van der Waals surface area contributed by atoms with E-state index in [1.54, 1.807) is 0 Å². The average molecular weight is 835 g/mol. The first-order chi connectivity index (χ1) is 32.7. The van der Waals surface area contributed by atoms with Crippen molar-refractivity contribution in [1.29, 1.82) is 0 Å². The first kappa shape index (κ1) is 37.9. The van der Waals surface area contributed by atoms with Gasteiger partial charge in [0.05, 0.1) is 0 Å². The summed E-state index contributed by atoms with van der Waals surface area (Å²) < 4.78 is 0. The molecule has 0 aliphatic carbocycles. The Labute approximate surface area is 384 Å². The standard InChI is InChI=1S/C66H42/c1-4-26-51-43(17-1)20-15-35-53(51)45-22-13-24-49(39-45)65-60-33-11-12-34-61(60)66(50-25-14-23-46(40-50)54-36-16-21-44-18-2-5-27-52(44)54)64-42-48(37-38-62(64)65)56-29-7-8-31-58(56)63-41-47-19-3-6-28-55(47)57-30-9-10-32-59(57)63/h1-42H. The van der Waals surface area contributed by atoms with Crippen molar-refractivity contribution in [3.05, 3.63) is 255 Å². The van der Waals surface area contributed by atoms with Crippen LogP contribution in [-0.2, 0) is 0 Å². The number of hydrogen-bond acceptors (Lipinski definition) is 0. The summed E-state index contributed by atoms with van der Waals surface area (Å²) in [6.45, 7) is 0. The quantitative estimate of drug-likeness (QED) is 0.116. The normalized spacial score (nSPS) is 11.6. The monoisotopic (exact) mass is 834 g/mol. The van der Waals surface area contributed by atoms with Gasteiger partial charge >= 0.3 is 0 Å². The first-order valence-corrected chi connectivity index (χ1v) is 22.9. The number of rotatable bonds is 6. The molecule has 0 unspecified atom stereocenters. The highest BCUT2D eigenvalue weighted by atomic mass is 14.2. The van der Waals surface area contributed by atoms with Crippen molar-refractivity contribution in [1.82, 2.24) is 0 Å². The van der Waals surface area contributed by atoms with Crippen molar-refractivity contribution in [3.8, 4) is 66.8 Å². The molecule has 0 amide bonds. The minimum absolute atomic E-state index is 1.19. The third-order valence-electron chi connectivity index (χ3n) is 13.8. The van der Waals surface area contributed by atoms with Gasteiger partial charge in [0.25, 0.3) is 0 Å². The van der Waals surface area contributed by atoms with E-state index in [2.05, 4.69) is 255 Å². The van der Waals surface area contributed by atoms with E-state index in [-0.39, 0.29) is 0 Å². The van der Waals surface area contributed by atoms with Crippen LogP contribution in [0, 0.1) is 0 Å². The average Bonchev–Trinajstić information content (AvgIpc) is 3.39. The van der Waals surface area contributed by atoms with Crippen LogP contribution in [-0.4, -0.2) is 0 Å². The van der Waals surface area contributed by atoms with Crippen LogP contribution in [0.5, 0.6) is 0 Å². The molecule has 13 aromatic rings. The van der Waals surface area contributed by atoms with E-state index >= 15 is 0 Å². The van der Waals surface area contributed by atoms with Gasteiger partial charge in [-0.2, -0.15) is 0 Å². The molecule has 13 rings (SSSR count). The van der Waals surface area contributed by atoms with E-state index in [0.29, 0.717) is 0 Å². The Morgan fingerprint density at radius 1 is 0.152 bits per heavy atom. The molecule has 0 heteroatoms. The van der Waals surface area contributed by atoms with Crippen LogP contribution in [0.2, 0.25) is 0 Å². The molecular weight excluding hydrogens is 793 g/mol. The molecule has 0 atom stereocenters. The molecule has 66 heavy (non-hydrogen) atoms. The summed E-state index contributed by atoms with van der Waals surface area (Å²) in [6.07, 6.45) is 0. The second-order valence-electron chi connectivity index (χ2n) is 17.5. The lowest BCUT2D eigenvalue weighted by molar-refractivity contribution is 1.61. The SMILES string of the molecule is c1cc(-c2cccc3ccccc23)cc(-c2c3ccccc3c(-c3cccc(-c4cccc5ccccc45)c3)c3cc(-c4ccccc4-c4cc5ccccc5c5ccccc45)ccc23)c1.